The lowest BCUT2D eigenvalue weighted by Crippen LogP contribution is -2.36. The van der Waals surface area contributed by atoms with Crippen LogP contribution in [0.3, 0.4) is 0 Å². The van der Waals surface area contributed by atoms with Gasteiger partial charge in [0, 0.05) is 19.2 Å². The van der Waals surface area contributed by atoms with Gasteiger partial charge in [-0.2, -0.15) is 0 Å². The first-order chi connectivity index (χ1) is 8.83. The van der Waals surface area contributed by atoms with Crippen molar-refractivity contribution in [3.8, 4) is 0 Å². The largest absolute Gasteiger partial charge is 0.356 e. The highest BCUT2D eigenvalue weighted by Gasteiger charge is 2.17. The Labute approximate surface area is 114 Å². The quantitative estimate of drug-likeness (QED) is 0.652. The first-order valence-electron chi connectivity index (χ1n) is 6.65. The van der Waals surface area contributed by atoms with E-state index >= 15 is 0 Å². The summed E-state index contributed by atoms with van der Waals surface area (Å²) in [4.78, 5) is 11.0. The maximum atomic E-state index is 4.41. The highest BCUT2D eigenvalue weighted by Crippen LogP contribution is 2.20. The van der Waals surface area contributed by atoms with E-state index < -0.39 is 0 Å². The van der Waals surface area contributed by atoms with Gasteiger partial charge < -0.3 is 10.2 Å². The fourth-order valence-corrected chi connectivity index (χ4v) is 2.75. The van der Waals surface area contributed by atoms with E-state index in [2.05, 4.69) is 39.4 Å². The molecule has 0 saturated carbocycles. The van der Waals surface area contributed by atoms with Gasteiger partial charge in [0.2, 0.25) is 0 Å². The molecule has 0 atom stereocenters. The Kier molecular flexibility index (Phi) is 5.26. The van der Waals surface area contributed by atoms with Crippen molar-refractivity contribution in [3.05, 3.63) is 12.4 Å². The number of thioether (sulfide) groups is 1. The van der Waals surface area contributed by atoms with E-state index in [1.807, 2.05) is 0 Å². The van der Waals surface area contributed by atoms with Crippen molar-refractivity contribution in [2.24, 2.45) is 5.92 Å². The fraction of sp³-hybridized carbons (Fsp3) is 0.692. The highest BCUT2D eigenvalue weighted by molar-refractivity contribution is 7.98. The van der Waals surface area contributed by atoms with Gasteiger partial charge in [-0.05, 0) is 45.0 Å². The van der Waals surface area contributed by atoms with E-state index in [1.54, 1.807) is 18.1 Å². The van der Waals surface area contributed by atoms with E-state index in [0.29, 0.717) is 0 Å². The van der Waals surface area contributed by atoms with Crippen LogP contribution >= 0.6 is 11.8 Å². The smallest absolute Gasteiger partial charge is 0.133 e. The number of hydrogen-bond donors (Lipinski definition) is 1. The lowest BCUT2D eigenvalue weighted by molar-refractivity contribution is 0.374. The van der Waals surface area contributed by atoms with Crippen LogP contribution in [0.4, 0.5) is 5.82 Å². The minimum Gasteiger partial charge on any atom is -0.356 e. The Morgan fingerprint density at radius 3 is 2.83 bits per heavy atom. The van der Waals surface area contributed by atoms with Crippen LogP contribution in [0.2, 0.25) is 0 Å². The fourth-order valence-electron chi connectivity index (χ4n) is 2.38. The van der Waals surface area contributed by atoms with Crippen molar-refractivity contribution in [1.82, 2.24) is 15.3 Å². The molecule has 0 bridgehead atoms. The molecular weight excluding hydrogens is 244 g/mol. The molecule has 1 saturated heterocycles. The molecule has 4 nitrogen and oxygen atoms in total. The van der Waals surface area contributed by atoms with Gasteiger partial charge in [-0.15, -0.1) is 11.8 Å². The molecule has 100 valence electrons. The zero-order chi connectivity index (χ0) is 12.8. The third-order valence-electron chi connectivity index (χ3n) is 3.48. The molecule has 0 unspecified atom stereocenters. The van der Waals surface area contributed by atoms with Crippen LogP contribution in [0.15, 0.2) is 17.4 Å². The second-order valence-electron chi connectivity index (χ2n) is 4.65. The molecule has 0 radical (unpaired) electrons. The Morgan fingerprint density at radius 2 is 2.17 bits per heavy atom. The molecule has 1 N–H and O–H groups in total. The van der Waals surface area contributed by atoms with Crippen molar-refractivity contribution in [1.29, 1.82) is 0 Å². The summed E-state index contributed by atoms with van der Waals surface area (Å²) < 4.78 is 0. The van der Waals surface area contributed by atoms with Gasteiger partial charge in [0.05, 0.1) is 0 Å². The Morgan fingerprint density at radius 1 is 1.39 bits per heavy atom. The monoisotopic (exact) mass is 266 g/mol. The Balaban J connectivity index is 2.02. The second-order valence-corrected chi connectivity index (χ2v) is 5.48. The Hall–Kier alpha value is -0.810. The van der Waals surface area contributed by atoms with Crippen LogP contribution in [0.25, 0.3) is 0 Å². The number of rotatable bonds is 5. The number of anilines is 1. The number of nitrogens with zero attached hydrogens (tertiary/aromatic N) is 3. The number of hydrogen-bond acceptors (Lipinski definition) is 5. The van der Waals surface area contributed by atoms with Gasteiger partial charge >= 0.3 is 0 Å². The minimum absolute atomic E-state index is 0.791. The molecule has 1 fully saturated rings. The van der Waals surface area contributed by atoms with Gasteiger partial charge in [0.1, 0.15) is 17.2 Å². The van der Waals surface area contributed by atoms with Crippen LogP contribution in [-0.4, -0.2) is 42.4 Å². The number of nitrogens with one attached hydrogen (secondary N) is 1. The van der Waals surface area contributed by atoms with Crippen molar-refractivity contribution < 1.29 is 0 Å². The lowest BCUT2D eigenvalue weighted by Gasteiger charge is -2.30. The van der Waals surface area contributed by atoms with Crippen LogP contribution < -0.4 is 10.2 Å². The van der Waals surface area contributed by atoms with E-state index in [1.165, 1.54) is 12.8 Å². The van der Waals surface area contributed by atoms with Gasteiger partial charge in [-0.3, -0.25) is 0 Å². The first-order valence-corrected chi connectivity index (χ1v) is 7.87. The summed E-state index contributed by atoms with van der Waals surface area (Å²) in [6.07, 6.45) is 6.27. The SMILES string of the molecule is CCN(CC1CCNCC1)c1cc(SC)ncn1. The minimum atomic E-state index is 0.791. The lowest BCUT2D eigenvalue weighted by atomic mass is 9.97. The normalized spacial score (nSPS) is 16.8. The molecule has 1 aromatic heterocycles. The predicted octanol–water partition coefficient (Wildman–Crippen LogP) is 2.02. The topological polar surface area (TPSA) is 41.0 Å². The molecule has 0 amide bonds. The molecule has 1 aliphatic rings. The third kappa shape index (κ3) is 3.59. The van der Waals surface area contributed by atoms with Crippen molar-refractivity contribution in [2.75, 3.05) is 37.3 Å². The summed E-state index contributed by atoms with van der Waals surface area (Å²) in [5, 5.41) is 4.46. The van der Waals surface area contributed by atoms with Crippen LogP contribution in [-0.2, 0) is 0 Å². The van der Waals surface area contributed by atoms with Crippen molar-refractivity contribution >= 4 is 17.6 Å². The summed E-state index contributed by atoms with van der Waals surface area (Å²) in [5.74, 6) is 1.86. The summed E-state index contributed by atoms with van der Waals surface area (Å²) >= 11 is 1.67. The first kappa shape index (κ1) is 13.6. The molecule has 1 aliphatic heterocycles. The Bertz CT molecular complexity index is 366. The predicted molar refractivity (Wildman–Crippen MR) is 77.3 cm³/mol. The summed E-state index contributed by atoms with van der Waals surface area (Å²) in [7, 11) is 0. The van der Waals surface area contributed by atoms with Crippen LogP contribution in [0.5, 0.6) is 0 Å². The van der Waals surface area contributed by atoms with Gasteiger partial charge in [-0.1, -0.05) is 0 Å². The molecule has 18 heavy (non-hydrogen) atoms. The maximum absolute atomic E-state index is 4.41. The van der Waals surface area contributed by atoms with Crippen LogP contribution in [0.1, 0.15) is 19.8 Å². The summed E-state index contributed by atoms with van der Waals surface area (Å²) in [6.45, 7) is 6.63. The third-order valence-corrected chi connectivity index (χ3v) is 4.12. The second kappa shape index (κ2) is 6.95. The molecule has 2 rings (SSSR count). The zero-order valence-electron chi connectivity index (χ0n) is 11.2. The zero-order valence-corrected chi connectivity index (χ0v) is 12.0. The average molecular weight is 266 g/mol. The van der Waals surface area contributed by atoms with Gasteiger partial charge in [0.25, 0.3) is 0 Å². The maximum Gasteiger partial charge on any atom is 0.133 e. The number of aromatic nitrogens is 2. The summed E-state index contributed by atoms with van der Waals surface area (Å²) in [6, 6.07) is 2.09. The van der Waals surface area contributed by atoms with Crippen molar-refractivity contribution in [3.63, 3.8) is 0 Å². The van der Waals surface area contributed by atoms with Gasteiger partial charge in [-0.25, -0.2) is 9.97 Å². The molecule has 2 heterocycles. The molecule has 1 aromatic rings. The van der Waals surface area contributed by atoms with Crippen LogP contribution in [0, 0.1) is 5.92 Å². The molecular formula is C13H22N4S. The molecule has 0 spiro atoms. The van der Waals surface area contributed by atoms with E-state index in [-0.39, 0.29) is 0 Å². The highest BCUT2D eigenvalue weighted by atomic mass is 32.2. The standard InChI is InChI=1S/C13H22N4S/c1-3-17(9-11-4-6-14-7-5-11)12-8-13(18-2)16-10-15-12/h8,10-11,14H,3-7,9H2,1-2H3. The van der Waals surface area contributed by atoms with Gasteiger partial charge in [0.15, 0.2) is 0 Å². The van der Waals surface area contributed by atoms with E-state index in [9.17, 15) is 0 Å². The molecule has 5 heteroatoms. The van der Waals surface area contributed by atoms with Crippen molar-refractivity contribution in [2.45, 2.75) is 24.8 Å². The molecule has 0 aromatic carbocycles. The van der Waals surface area contributed by atoms with E-state index in [4.69, 9.17) is 0 Å². The number of piperidine rings is 1. The molecule has 0 aliphatic carbocycles. The average Bonchev–Trinajstić information content (AvgIpc) is 2.46. The van der Waals surface area contributed by atoms with E-state index in [0.717, 1.165) is 42.9 Å². The summed E-state index contributed by atoms with van der Waals surface area (Å²) in [5.41, 5.74) is 0.